The molecule has 4 nitrogen and oxygen atoms in total. The average Bonchev–Trinajstić information content (AvgIpc) is 2.94. The monoisotopic (exact) mass is 282 g/mol. The second kappa shape index (κ2) is 4.31. The van der Waals surface area contributed by atoms with Crippen LogP contribution in [0.3, 0.4) is 0 Å². The standard InChI is InChI=1S/C15H10N2O2S/c18-15-13-14(11-8-4-5-9-12(11)19-15)17(20-16-13)10-6-2-1-3-7-10/h1-9,16H. The molecule has 20 heavy (non-hydrogen) atoms. The Kier molecular flexibility index (Phi) is 2.47. The minimum atomic E-state index is -0.343. The summed E-state index contributed by atoms with van der Waals surface area (Å²) in [5, 5.41) is 0.920. The molecule has 0 unspecified atom stereocenters. The molecule has 98 valence electrons. The van der Waals surface area contributed by atoms with Gasteiger partial charge in [0.1, 0.15) is 5.58 Å². The van der Waals surface area contributed by atoms with E-state index in [0.717, 1.165) is 16.8 Å². The van der Waals surface area contributed by atoms with Crippen molar-refractivity contribution in [3.63, 3.8) is 0 Å². The molecule has 0 radical (unpaired) electrons. The lowest BCUT2D eigenvalue weighted by atomic mass is 10.1. The number of hydrogen-bond acceptors (Lipinski definition) is 5. The normalized spacial score (nSPS) is 13.3. The van der Waals surface area contributed by atoms with Gasteiger partial charge in [0.25, 0.3) is 0 Å². The van der Waals surface area contributed by atoms with Crippen LogP contribution in [-0.4, -0.2) is 0 Å². The highest BCUT2D eigenvalue weighted by molar-refractivity contribution is 8.02. The third-order valence-corrected chi connectivity index (χ3v) is 4.09. The van der Waals surface area contributed by atoms with E-state index in [-0.39, 0.29) is 5.63 Å². The molecule has 4 rings (SSSR count). The Balaban J connectivity index is 2.03. The molecule has 0 spiro atoms. The van der Waals surface area contributed by atoms with Crippen molar-refractivity contribution in [2.45, 2.75) is 0 Å². The van der Waals surface area contributed by atoms with E-state index in [4.69, 9.17) is 4.42 Å². The van der Waals surface area contributed by atoms with Crippen LogP contribution in [0.5, 0.6) is 0 Å². The first-order valence-electron chi connectivity index (χ1n) is 6.18. The lowest BCUT2D eigenvalue weighted by molar-refractivity contribution is 0.565. The first-order valence-corrected chi connectivity index (χ1v) is 6.96. The zero-order valence-corrected chi connectivity index (χ0v) is 11.2. The number of anilines is 3. The highest BCUT2D eigenvalue weighted by Crippen LogP contribution is 2.46. The molecule has 1 aliphatic rings. The van der Waals surface area contributed by atoms with Gasteiger partial charge in [-0.2, -0.15) is 0 Å². The molecular formula is C15H10N2O2S. The Hall–Kier alpha value is -2.40. The minimum Gasteiger partial charge on any atom is -0.421 e. The van der Waals surface area contributed by atoms with Gasteiger partial charge in [0.2, 0.25) is 0 Å². The second-order valence-electron chi connectivity index (χ2n) is 4.43. The number of para-hydroxylation sites is 2. The molecule has 0 saturated carbocycles. The predicted octanol–water partition coefficient (Wildman–Crippen LogP) is 3.92. The van der Waals surface area contributed by atoms with E-state index < -0.39 is 0 Å². The quantitative estimate of drug-likeness (QED) is 0.541. The zero-order valence-electron chi connectivity index (χ0n) is 10.4. The van der Waals surface area contributed by atoms with Gasteiger partial charge in [0.05, 0.1) is 23.5 Å². The number of rotatable bonds is 1. The number of benzene rings is 2. The molecule has 0 aliphatic carbocycles. The molecule has 0 saturated heterocycles. The summed E-state index contributed by atoms with van der Waals surface area (Å²) in [6, 6.07) is 17.5. The Morgan fingerprint density at radius 1 is 1.00 bits per heavy atom. The largest absolute Gasteiger partial charge is 0.421 e. The van der Waals surface area contributed by atoms with E-state index in [9.17, 15) is 4.79 Å². The van der Waals surface area contributed by atoms with Crippen molar-refractivity contribution in [3.8, 4) is 0 Å². The third kappa shape index (κ3) is 1.60. The number of hydrogen-bond donors (Lipinski definition) is 1. The summed E-state index contributed by atoms with van der Waals surface area (Å²) in [5.41, 5.74) is 2.62. The molecule has 1 aromatic heterocycles. The van der Waals surface area contributed by atoms with Gasteiger partial charge in [0, 0.05) is 5.39 Å². The maximum atomic E-state index is 12.0. The average molecular weight is 282 g/mol. The van der Waals surface area contributed by atoms with Crippen molar-refractivity contribution >= 4 is 40.2 Å². The molecule has 3 aromatic rings. The first-order chi connectivity index (χ1) is 9.84. The van der Waals surface area contributed by atoms with Gasteiger partial charge in [-0.05, 0) is 24.3 Å². The van der Waals surface area contributed by atoms with Crippen LogP contribution in [0.25, 0.3) is 11.0 Å². The van der Waals surface area contributed by atoms with E-state index in [2.05, 4.69) is 4.72 Å². The lowest BCUT2D eigenvalue weighted by Crippen LogP contribution is -2.05. The molecule has 1 aliphatic heterocycles. The van der Waals surface area contributed by atoms with Gasteiger partial charge in [-0.25, -0.2) is 4.79 Å². The molecule has 2 heterocycles. The number of nitrogens with one attached hydrogen (secondary N) is 1. The van der Waals surface area contributed by atoms with E-state index in [1.807, 2.05) is 58.9 Å². The van der Waals surface area contributed by atoms with Crippen LogP contribution in [-0.2, 0) is 0 Å². The van der Waals surface area contributed by atoms with Gasteiger partial charge < -0.3 is 9.14 Å². The third-order valence-electron chi connectivity index (χ3n) is 3.22. The molecule has 1 N–H and O–H groups in total. The Bertz CT molecular complexity index is 845. The number of fused-ring (bicyclic) bond motifs is 3. The summed E-state index contributed by atoms with van der Waals surface area (Å²) < 4.78 is 10.4. The van der Waals surface area contributed by atoms with Crippen molar-refractivity contribution in [2.24, 2.45) is 0 Å². The smallest absolute Gasteiger partial charge is 0.362 e. The van der Waals surface area contributed by atoms with Gasteiger partial charge in [-0.1, -0.05) is 30.3 Å². The maximum absolute atomic E-state index is 12.0. The Labute approximate surface area is 119 Å². The highest BCUT2D eigenvalue weighted by Gasteiger charge is 2.28. The first kappa shape index (κ1) is 11.4. The SMILES string of the molecule is O=c1oc2ccccc2c2c1NSN2c1ccccc1. The molecule has 0 amide bonds. The van der Waals surface area contributed by atoms with Gasteiger partial charge >= 0.3 is 5.63 Å². The van der Waals surface area contributed by atoms with Crippen molar-refractivity contribution in [3.05, 3.63) is 65.0 Å². The van der Waals surface area contributed by atoms with E-state index >= 15 is 0 Å². The van der Waals surface area contributed by atoms with Crippen molar-refractivity contribution < 1.29 is 4.42 Å². The molecule has 2 aromatic carbocycles. The van der Waals surface area contributed by atoms with E-state index in [1.165, 1.54) is 12.1 Å². The fourth-order valence-corrected chi connectivity index (χ4v) is 3.19. The molecule has 0 bridgehead atoms. The van der Waals surface area contributed by atoms with Crippen LogP contribution >= 0.6 is 12.1 Å². The summed E-state index contributed by atoms with van der Waals surface area (Å²) in [5.74, 6) is 0. The lowest BCUT2D eigenvalue weighted by Gasteiger charge is -2.16. The van der Waals surface area contributed by atoms with Crippen LogP contribution in [0.4, 0.5) is 17.1 Å². The fraction of sp³-hybridized carbons (Fsp3) is 0. The Morgan fingerprint density at radius 2 is 1.75 bits per heavy atom. The van der Waals surface area contributed by atoms with Crippen LogP contribution < -0.4 is 14.7 Å². The van der Waals surface area contributed by atoms with Crippen LogP contribution in [0.2, 0.25) is 0 Å². The summed E-state index contributed by atoms with van der Waals surface area (Å²) in [6.45, 7) is 0. The maximum Gasteiger partial charge on any atom is 0.362 e. The topological polar surface area (TPSA) is 45.5 Å². The number of nitrogens with zero attached hydrogens (tertiary/aromatic N) is 1. The van der Waals surface area contributed by atoms with Gasteiger partial charge in [-0.15, -0.1) is 0 Å². The predicted molar refractivity (Wildman–Crippen MR) is 82.3 cm³/mol. The second-order valence-corrected chi connectivity index (χ2v) is 5.18. The van der Waals surface area contributed by atoms with Crippen LogP contribution in [0.1, 0.15) is 0 Å². The van der Waals surface area contributed by atoms with Crippen LogP contribution in [0, 0.1) is 0 Å². The molecule has 0 atom stereocenters. The van der Waals surface area contributed by atoms with Crippen molar-refractivity contribution in [2.75, 3.05) is 9.03 Å². The fourth-order valence-electron chi connectivity index (χ4n) is 2.32. The molecule has 0 fully saturated rings. The van der Waals surface area contributed by atoms with Gasteiger partial charge in [-0.3, -0.25) is 4.31 Å². The highest BCUT2D eigenvalue weighted by atomic mass is 32.2. The van der Waals surface area contributed by atoms with E-state index in [1.54, 1.807) is 0 Å². The minimum absolute atomic E-state index is 0.343. The molecular weight excluding hydrogens is 272 g/mol. The zero-order chi connectivity index (χ0) is 13.5. The summed E-state index contributed by atoms with van der Waals surface area (Å²) in [7, 11) is 0. The van der Waals surface area contributed by atoms with Crippen molar-refractivity contribution in [1.82, 2.24) is 0 Å². The van der Waals surface area contributed by atoms with Crippen LogP contribution in [0.15, 0.2) is 63.8 Å². The van der Waals surface area contributed by atoms with Gasteiger partial charge in [0.15, 0.2) is 5.69 Å². The van der Waals surface area contributed by atoms with Crippen molar-refractivity contribution in [1.29, 1.82) is 0 Å². The summed E-state index contributed by atoms with van der Waals surface area (Å²) >= 11 is 1.38. The Morgan fingerprint density at radius 3 is 2.60 bits per heavy atom. The summed E-state index contributed by atoms with van der Waals surface area (Å²) in [6.07, 6.45) is 0. The summed E-state index contributed by atoms with van der Waals surface area (Å²) in [4.78, 5) is 12.0. The molecule has 5 heteroatoms. The van der Waals surface area contributed by atoms with E-state index in [0.29, 0.717) is 11.3 Å².